The van der Waals surface area contributed by atoms with Crippen LogP contribution in [-0.4, -0.2) is 169 Å². The number of rotatable bonds is 13. The molecular formula is C28H53FN8O11. The molecule has 19 nitrogen and oxygen atoms in total. The van der Waals surface area contributed by atoms with Gasteiger partial charge >= 0.3 is 0 Å². The zero-order valence-corrected chi connectivity index (χ0v) is 26.7. The van der Waals surface area contributed by atoms with Crippen molar-refractivity contribution in [3.63, 3.8) is 0 Å². The molecule has 3 saturated heterocycles. The third-order valence-corrected chi connectivity index (χ3v) is 9.25. The SMILES string of the molecule is N=C(NCC1CCOC1)N[C@@H]1C(O)[C@@H](CO)OC(OC2C(F)[C@H](O[C@H]3OC(CN)[C@@H](O)CC3N)C(N)C[C@H]2NC(=O)[C@@H](O)CCN)[C@@H]1O. The molecule has 4 fully saturated rings. The van der Waals surface area contributed by atoms with E-state index in [1.165, 1.54) is 0 Å². The van der Waals surface area contributed by atoms with E-state index in [4.69, 9.17) is 52.0 Å². The summed E-state index contributed by atoms with van der Waals surface area (Å²) in [4.78, 5) is 12.8. The number of aliphatic hydroxyl groups excluding tert-OH is 5. The summed E-state index contributed by atoms with van der Waals surface area (Å²) in [5.74, 6) is -0.926. The number of nitrogens with one attached hydrogen (secondary N) is 4. The molecule has 0 spiro atoms. The normalized spacial score (nSPS) is 42.6. The van der Waals surface area contributed by atoms with Crippen LogP contribution in [0, 0.1) is 11.3 Å². The molecule has 3 heterocycles. The Morgan fingerprint density at radius 3 is 2.35 bits per heavy atom. The fraction of sp³-hybridized carbons (Fsp3) is 0.929. The van der Waals surface area contributed by atoms with Gasteiger partial charge in [-0.25, -0.2) is 4.39 Å². The van der Waals surface area contributed by atoms with Crippen molar-refractivity contribution in [2.75, 3.05) is 39.5 Å². The fourth-order valence-corrected chi connectivity index (χ4v) is 6.40. The number of amides is 1. The van der Waals surface area contributed by atoms with Crippen LogP contribution in [0.15, 0.2) is 0 Å². The summed E-state index contributed by atoms with van der Waals surface area (Å²) in [5.41, 5.74) is 23.6. The van der Waals surface area contributed by atoms with Crippen molar-refractivity contribution in [3.05, 3.63) is 0 Å². The van der Waals surface area contributed by atoms with E-state index in [9.17, 15) is 30.3 Å². The minimum Gasteiger partial charge on any atom is -0.394 e. The summed E-state index contributed by atoms with van der Waals surface area (Å²) >= 11 is 0. The van der Waals surface area contributed by atoms with E-state index in [1.54, 1.807) is 0 Å². The molecule has 17 N–H and O–H groups in total. The van der Waals surface area contributed by atoms with Gasteiger partial charge in [-0.15, -0.1) is 0 Å². The van der Waals surface area contributed by atoms with E-state index in [-0.39, 0.29) is 44.2 Å². The summed E-state index contributed by atoms with van der Waals surface area (Å²) in [6.45, 7) is 0.763. The standard InChI is InChI=1S/C28H53FN8O11/c29-19-23(47-26-13(33)6-16(40)17(7-31)45-26)12(32)5-14(36-25(43)15(39)1-3-30)24(19)48-27-22(42)20(21(41)18(9-38)46-27)37-28(34)35-8-11-2-4-44-10-11/h11-24,26-27,38-42H,1-10,30-33H2,(H,36,43)(H3,34,35,37)/t11?,12?,13?,14-,15+,16+,17?,18-,19?,20-,21?,22-,23-,24?,26-,27?/m1/s1. The van der Waals surface area contributed by atoms with Crippen molar-refractivity contribution in [2.45, 2.75) is 117 Å². The second-order valence-corrected chi connectivity index (χ2v) is 12.9. The van der Waals surface area contributed by atoms with E-state index in [0.717, 1.165) is 6.42 Å². The molecule has 1 amide bonds. The summed E-state index contributed by atoms with van der Waals surface area (Å²) in [7, 11) is 0. The highest BCUT2D eigenvalue weighted by atomic mass is 19.1. The Kier molecular flexibility index (Phi) is 14.5. The third-order valence-electron chi connectivity index (χ3n) is 9.25. The van der Waals surface area contributed by atoms with Crippen molar-refractivity contribution in [1.82, 2.24) is 16.0 Å². The van der Waals surface area contributed by atoms with Crippen molar-refractivity contribution in [3.8, 4) is 0 Å². The number of guanidine groups is 1. The smallest absolute Gasteiger partial charge is 0.249 e. The number of aliphatic hydroxyl groups is 5. The first-order chi connectivity index (χ1) is 22.9. The highest BCUT2D eigenvalue weighted by Gasteiger charge is 2.53. The van der Waals surface area contributed by atoms with Gasteiger partial charge in [-0.2, -0.15) is 0 Å². The van der Waals surface area contributed by atoms with Crippen LogP contribution in [-0.2, 0) is 28.5 Å². The first kappa shape index (κ1) is 38.9. The Morgan fingerprint density at radius 1 is 1.00 bits per heavy atom. The molecule has 48 heavy (non-hydrogen) atoms. The second kappa shape index (κ2) is 17.9. The number of halogens is 1. The number of hydrogen-bond acceptors (Lipinski definition) is 16. The van der Waals surface area contributed by atoms with Crippen LogP contribution < -0.4 is 38.9 Å². The topological polar surface area (TPSA) is 328 Å². The summed E-state index contributed by atoms with van der Waals surface area (Å²) < 4.78 is 45.2. The maximum Gasteiger partial charge on any atom is 0.249 e. The number of carbonyl (C=O) groups is 1. The average Bonchev–Trinajstić information content (AvgIpc) is 3.58. The van der Waals surface area contributed by atoms with Crippen LogP contribution in [0.25, 0.3) is 0 Å². The molecule has 0 aromatic heterocycles. The zero-order valence-electron chi connectivity index (χ0n) is 26.7. The fourth-order valence-electron chi connectivity index (χ4n) is 6.40. The van der Waals surface area contributed by atoms with Crippen LogP contribution in [0.3, 0.4) is 0 Å². The van der Waals surface area contributed by atoms with E-state index in [1.807, 2.05) is 0 Å². The number of alkyl halides is 1. The first-order valence-corrected chi connectivity index (χ1v) is 16.4. The van der Waals surface area contributed by atoms with Crippen molar-refractivity contribution in [1.29, 1.82) is 5.41 Å². The predicted octanol–water partition coefficient (Wildman–Crippen LogP) is -6.26. The largest absolute Gasteiger partial charge is 0.394 e. The summed E-state index contributed by atoms with van der Waals surface area (Å²) in [6.07, 6.45) is -15.3. The van der Waals surface area contributed by atoms with Gasteiger partial charge in [-0.3, -0.25) is 10.2 Å². The number of nitrogens with two attached hydrogens (primary N) is 4. The van der Waals surface area contributed by atoms with Gasteiger partial charge in [0.25, 0.3) is 0 Å². The Balaban J connectivity index is 1.53. The van der Waals surface area contributed by atoms with Gasteiger partial charge in [0.05, 0.1) is 43.5 Å². The lowest BCUT2D eigenvalue weighted by Gasteiger charge is -2.48. The molecule has 0 radical (unpaired) electrons. The summed E-state index contributed by atoms with van der Waals surface area (Å²) in [6, 6.07) is -4.43. The van der Waals surface area contributed by atoms with Crippen LogP contribution in [0.5, 0.6) is 0 Å². The third kappa shape index (κ3) is 9.46. The van der Waals surface area contributed by atoms with Crippen LogP contribution in [0.1, 0.15) is 25.7 Å². The minimum absolute atomic E-state index is 0.000146. The molecule has 4 rings (SSSR count). The van der Waals surface area contributed by atoms with Crippen molar-refractivity contribution >= 4 is 11.9 Å². The highest BCUT2D eigenvalue weighted by Crippen LogP contribution is 2.33. The van der Waals surface area contributed by atoms with Gasteiger partial charge in [0.15, 0.2) is 24.7 Å². The van der Waals surface area contributed by atoms with Crippen LogP contribution in [0.4, 0.5) is 4.39 Å². The van der Waals surface area contributed by atoms with Crippen molar-refractivity contribution in [2.24, 2.45) is 28.9 Å². The van der Waals surface area contributed by atoms with Gasteiger partial charge in [0, 0.05) is 31.7 Å². The lowest BCUT2D eigenvalue weighted by Crippen LogP contribution is -2.69. The highest BCUT2D eigenvalue weighted by molar-refractivity contribution is 5.80. The molecule has 278 valence electrons. The molecule has 1 aliphatic carbocycles. The van der Waals surface area contributed by atoms with E-state index in [0.29, 0.717) is 19.8 Å². The van der Waals surface area contributed by atoms with Gasteiger partial charge in [0.1, 0.15) is 36.6 Å². The molecule has 4 aliphatic rings. The number of ether oxygens (including phenoxy) is 5. The lowest BCUT2D eigenvalue weighted by molar-refractivity contribution is -0.311. The number of hydrogen-bond donors (Lipinski definition) is 13. The maximum atomic E-state index is 16.6. The molecule has 3 aliphatic heterocycles. The second-order valence-electron chi connectivity index (χ2n) is 12.9. The molecule has 8 unspecified atom stereocenters. The summed E-state index contributed by atoms with van der Waals surface area (Å²) in [5, 5.41) is 68.9. The van der Waals surface area contributed by atoms with Gasteiger partial charge in [-0.05, 0) is 32.2 Å². The van der Waals surface area contributed by atoms with E-state index < -0.39 is 104 Å². The monoisotopic (exact) mass is 696 g/mol. The average molecular weight is 697 g/mol. The minimum atomic E-state index is -2.13. The molecule has 1 saturated carbocycles. The van der Waals surface area contributed by atoms with E-state index in [2.05, 4.69) is 16.0 Å². The first-order valence-electron chi connectivity index (χ1n) is 16.4. The van der Waals surface area contributed by atoms with Gasteiger partial charge in [-0.1, -0.05) is 0 Å². The maximum absolute atomic E-state index is 16.6. The van der Waals surface area contributed by atoms with E-state index >= 15 is 4.39 Å². The molecule has 0 aromatic carbocycles. The van der Waals surface area contributed by atoms with Crippen LogP contribution in [0.2, 0.25) is 0 Å². The quantitative estimate of drug-likeness (QED) is 0.0629. The molecular weight excluding hydrogens is 643 g/mol. The molecule has 16 atom stereocenters. The molecule has 20 heteroatoms. The molecule has 0 bridgehead atoms. The van der Waals surface area contributed by atoms with Gasteiger partial charge in [0.2, 0.25) is 5.91 Å². The van der Waals surface area contributed by atoms with Crippen LogP contribution >= 0.6 is 0 Å². The number of carbonyl (C=O) groups excluding carboxylic acids is 1. The van der Waals surface area contributed by atoms with Gasteiger partial charge < -0.3 is 88.1 Å². The predicted molar refractivity (Wildman–Crippen MR) is 164 cm³/mol. The Labute approximate surface area is 277 Å². The Hall–Kier alpha value is -1.89. The Bertz CT molecular complexity index is 1040. The van der Waals surface area contributed by atoms with Crippen molar-refractivity contribution < 1.29 is 58.4 Å². The zero-order chi connectivity index (χ0) is 35.1. The Morgan fingerprint density at radius 2 is 1.71 bits per heavy atom. The molecule has 0 aromatic rings. The lowest BCUT2D eigenvalue weighted by atomic mass is 9.84.